The number of nitrogens with one attached hydrogen (secondary N) is 1. The molecule has 2 heteroatoms. The van der Waals surface area contributed by atoms with Gasteiger partial charge in [-0.3, -0.25) is 0 Å². The number of para-hydroxylation sites is 1. The summed E-state index contributed by atoms with van der Waals surface area (Å²) >= 11 is 0. The third kappa shape index (κ3) is 4.39. The van der Waals surface area contributed by atoms with Gasteiger partial charge < -0.3 is 10.1 Å². The first-order chi connectivity index (χ1) is 9.79. The minimum absolute atomic E-state index is 0.618. The zero-order valence-electron chi connectivity index (χ0n) is 12.4. The molecule has 0 aliphatic heterocycles. The zero-order valence-corrected chi connectivity index (χ0v) is 12.4. The lowest BCUT2D eigenvalue weighted by molar-refractivity contribution is 0.302. The Balaban J connectivity index is 1.98. The minimum Gasteiger partial charge on any atom is -0.489 e. The Morgan fingerprint density at radius 1 is 1.05 bits per heavy atom. The van der Waals surface area contributed by atoms with Crippen LogP contribution in [0.15, 0.2) is 48.5 Å². The molecule has 2 rings (SSSR count). The standard InChI is InChI=1S/C18H23NO/c1-3-11-19-13-17-9-4-5-10-18(17)20-14-16-8-6-7-15(2)12-16/h4-10,12,19H,3,11,13-14H2,1-2H3. The quantitative estimate of drug-likeness (QED) is 0.765. The van der Waals surface area contributed by atoms with Gasteiger partial charge in [0.15, 0.2) is 0 Å². The highest BCUT2D eigenvalue weighted by atomic mass is 16.5. The molecule has 1 N–H and O–H groups in total. The highest BCUT2D eigenvalue weighted by Crippen LogP contribution is 2.19. The number of benzene rings is 2. The molecule has 0 radical (unpaired) electrons. The number of ether oxygens (including phenoxy) is 1. The fourth-order valence-corrected chi connectivity index (χ4v) is 2.15. The SMILES string of the molecule is CCCNCc1ccccc1OCc1cccc(C)c1. The van der Waals surface area contributed by atoms with E-state index in [1.54, 1.807) is 0 Å². The Bertz CT molecular complexity index is 536. The van der Waals surface area contributed by atoms with Gasteiger partial charge in [-0.1, -0.05) is 55.0 Å². The van der Waals surface area contributed by atoms with Gasteiger partial charge in [0.1, 0.15) is 12.4 Å². The predicted molar refractivity (Wildman–Crippen MR) is 84.0 cm³/mol. The highest BCUT2D eigenvalue weighted by molar-refractivity contribution is 5.33. The van der Waals surface area contributed by atoms with E-state index >= 15 is 0 Å². The van der Waals surface area contributed by atoms with Crippen molar-refractivity contribution < 1.29 is 4.74 Å². The second-order valence-corrected chi connectivity index (χ2v) is 5.06. The van der Waals surface area contributed by atoms with Crippen molar-refractivity contribution in [3.63, 3.8) is 0 Å². The van der Waals surface area contributed by atoms with E-state index in [-0.39, 0.29) is 0 Å². The number of rotatable bonds is 7. The normalized spacial score (nSPS) is 10.5. The van der Waals surface area contributed by atoms with Crippen molar-refractivity contribution in [3.8, 4) is 5.75 Å². The first kappa shape index (κ1) is 14.6. The molecule has 2 aromatic carbocycles. The van der Waals surface area contributed by atoms with Crippen LogP contribution in [-0.2, 0) is 13.2 Å². The van der Waals surface area contributed by atoms with Gasteiger partial charge in [-0.15, -0.1) is 0 Å². The molecule has 0 heterocycles. The summed E-state index contributed by atoms with van der Waals surface area (Å²) < 4.78 is 5.97. The summed E-state index contributed by atoms with van der Waals surface area (Å²) in [6, 6.07) is 16.7. The Hall–Kier alpha value is -1.80. The van der Waals surface area contributed by atoms with E-state index in [1.807, 2.05) is 12.1 Å². The molecule has 0 atom stereocenters. The van der Waals surface area contributed by atoms with E-state index in [2.05, 4.69) is 55.6 Å². The molecule has 0 aliphatic carbocycles. The first-order valence-electron chi connectivity index (χ1n) is 7.26. The maximum absolute atomic E-state index is 5.97. The van der Waals surface area contributed by atoms with Crippen molar-refractivity contribution >= 4 is 0 Å². The van der Waals surface area contributed by atoms with Crippen molar-refractivity contribution in [2.75, 3.05) is 6.54 Å². The molecule has 0 unspecified atom stereocenters. The molecule has 106 valence electrons. The van der Waals surface area contributed by atoms with Crippen LogP contribution in [0.2, 0.25) is 0 Å². The molecule has 0 amide bonds. The van der Waals surface area contributed by atoms with E-state index in [0.29, 0.717) is 6.61 Å². The molecule has 0 aromatic heterocycles. The topological polar surface area (TPSA) is 21.3 Å². The fourth-order valence-electron chi connectivity index (χ4n) is 2.15. The number of aryl methyl sites for hydroxylation is 1. The van der Waals surface area contributed by atoms with Crippen LogP contribution in [0.3, 0.4) is 0 Å². The van der Waals surface area contributed by atoms with Gasteiger partial charge in [-0.25, -0.2) is 0 Å². The third-order valence-electron chi connectivity index (χ3n) is 3.19. The monoisotopic (exact) mass is 269 g/mol. The molecular formula is C18H23NO. The molecule has 0 fully saturated rings. The second-order valence-electron chi connectivity index (χ2n) is 5.06. The molecule has 2 aromatic rings. The Morgan fingerprint density at radius 2 is 1.90 bits per heavy atom. The lowest BCUT2D eigenvalue weighted by Crippen LogP contribution is -2.14. The van der Waals surface area contributed by atoms with Crippen molar-refractivity contribution in [1.82, 2.24) is 5.32 Å². The highest BCUT2D eigenvalue weighted by Gasteiger charge is 2.03. The maximum Gasteiger partial charge on any atom is 0.124 e. The van der Waals surface area contributed by atoms with Crippen LogP contribution in [0.4, 0.5) is 0 Å². The fraction of sp³-hybridized carbons (Fsp3) is 0.333. The lowest BCUT2D eigenvalue weighted by atomic mass is 10.1. The van der Waals surface area contributed by atoms with Crippen LogP contribution in [0.1, 0.15) is 30.0 Å². The van der Waals surface area contributed by atoms with Crippen molar-refractivity contribution in [1.29, 1.82) is 0 Å². The van der Waals surface area contributed by atoms with Gasteiger partial charge in [0.25, 0.3) is 0 Å². The summed E-state index contributed by atoms with van der Waals surface area (Å²) in [5, 5.41) is 3.42. The average Bonchev–Trinajstić information content (AvgIpc) is 2.47. The van der Waals surface area contributed by atoms with Crippen LogP contribution in [0.5, 0.6) is 5.75 Å². The summed E-state index contributed by atoms with van der Waals surface area (Å²) in [6.45, 7) is 6.79. The van der Waals surface area contributed by atoms with Crippen molar-refractivity contribution in [2.45, 2.75) is 33.4 Å². The smallest absolute Gasteiger partial charge is 0.124 e. The van der Waals surface area contributed by atoms with Gasteiger partial charge in [0, 0.05) is 12.1 Å². The third-order valence-corrected chi connectivity index (χ3v) is 3.19. The molecule has 0 saturated carbocycles. The molecule has 0 saturated heterocycles. The van der Waals surface area contributed by atoms with Gasteiger partial charge in [-0.2, -0.15) is 0 Å². The first-order valence-corrected chi connectivity index (χ1v) is 7.26. The van der Waals surface area contributed by atoms with E-state index in [4.69, 9.17) is 4.74 Å². The summed E-state index contributed by atoms with van der Waals surface area (Å²) in [4.78, 5) is 0. The average molecular weight is 269 g/mol. The van der Waals surface area contributed by atoms with E-state index in [9.17, 15) is 0 Å². The van der Waals surface area contributed by atoms with Crippen molar-refractivity contribution in [3.05, 3.63) is 65.2 Å². The van der Waals surface area contributed by atoms with Crippen LogP contribution >= 0.6 is 0 Å². The van der Waals surface area contributed by atoms with E-state index < -0.39 is 0 Å². The van der Waals surface area contributed by atoms with Crippen molar-refractivity contribution in [2.24, 2.45) is 0 Å². The largest absolute Gasteiger partial charge is 0.489 e. The Labute approximate surface area is 121 Å². The zero-order chi connectivity index (χ0) is 14.2. The van der Waals surface area contributed by atoms with Crippen LogP contribution < -0.4 is 10.1 Å². The van der Waals surface area contributed by atoms with Crippen LogP contribution in [0.25, 0.3) is 0 Å². The minimum atomic E-state index is 0.618. The summed E-state index contributed by atoms with van der Waals surface area (Å²) in [5.41, 5.74) is 3.69. The summed E-state index contributed by atoms with van der Waals surface area (Å²) in [7, 11) is 0. The van der Waals surface area contributed by atoms with Gasteiger partial charge >= 0.3 is 0 Å². The second kappa shape index (κ2) is 7.71. The van der Waals surface area contributed by atoms with Crippen LogP contribution in [-0.4, -0.2) is 6.54 Å². The molecule has 0 aliphatic rings. The molecule has 20 heavy (non-hydrogen) atoms. The lowest BCUT2D eigenvalue weighted by Gasteiger charge is -2.12. The number of hydrogen-bond acceptors (Lipinski definition) is 2. The Morgan fingerprint density at radius 3 is 2.70 bits per heavy atom. The molecular weight excluding hydrogens is 246 g/mol. The van der Waals surface area contributed by atoms with Gasteiger partial charge in [0.05, 0.1) is 0 Å². The molecule has 0 spiro atoms. The predicted octanol–water partition coefficient (Wildman–Crippen LogP) is 4.07. The van der Waals surface area contributed by atoms with Gasteiger partial charge in [-0.05, 0) is 31.5 Å². The van der Waals surface area contributed by atoms with Gasteiger partial charge in [0.2, 0.25) is 0 Å². The van der Waals surface area contributed by atoms with E-state index in [0.717, 1.165) is 25.3 Å². The van der Waals surface area contributed by atoms with E-state index in [1.165, 1.54) is 16.7 Å². The maximum atomic E-state index is 5.97. The number of hydrogen-bond donors (Lipinski definition) is 1. The van der Waals surface area contributed by atoms with Crippen LogP contribution in [0, 0.1) is 6.92 Å². The summed E-state index contributed by atoms with van der Waals surface area (Å²) in [5.74, 6) is 0.970. The summed E-state index contributed by atoms with van der Waals surface area (Å²) in [6.07, 6.45) is 1.15. The Kier molecular flexibility index (Phi) is 5.63. The molecule has 2 nitrogen and oxygen atoms in total. The molecule has 0 bridgehead atoms.